The Labute approximate surface area is 145 Å². The third kappa shape index (κ3) is 2.23. The van der Waals surface area contributed by atoms with Crippen molar-refractivity contribution in [3.8, 4) is 0 Å². The maximum absolute atomic E-state index is 13.1. The molecule has 0 saturated heterocycles. The maximum atomic E-state index is 13.1. The van der Waals surface area contributed by atoms with E-state index in [-0.39, 0.29) is 5.91 Å². The number of carbonyl (C=O) groups is 1. The molecule has 25 heavy (non-hydrogen) atoms. The van der Waals surface area contributed by atoms with Gasteiger partial charge >= 0.3 is 0 Å². The van der Waals surface area contributed by atoms with Gasteiger partial charge in [-0.15, -0.1) is 0 Å². The minimum absolute atomic E-state index is 0.0626. The summed E-state index contributed by atoms with van der Waals surface area (Å²) < 4.78 is 5.91. The van der Waals surface area contributed by atoms with Crippen molar-refractivity contribution in [1.29, 1.82) is 0 Å². The summed E-state index contributed by atoms with van der Waals surface area (Å²) in [5.41, 5.74) is 2.99. The van der Waals surface area contributed by atoms with E-state index in [1.165, 1.54) is 5.56 Å². The monoisotopic (exact) mass is 327 g/mol. The lowest BCUT2D eigenvalue weighted by Gasteiger charge is -2.28. The predicted molar refractivity (Wildman–Crippen MR) is 100 cm³/mol. The Morgan fingerprint density at radius 2 is 1.76 bits per heavy atom. The van der Waals surface area contributed by atoms with Gasteiger partial charge in [-0.05, 0) is 47.4 Å². The summed E-state index contributed by atoms with van der Waals surface area (Å²) in [6.07, 6.45) is 2.00. The lowest BCUT2D eigenvalue weighted by molar-refractivity contribution is 0.0960. The fourth-order valence-corrected chi connectivity index (χ4v) is 3.78. The number of benzene rings is 3. The van der Waals surface area contributed by atoms with Crippen LogP contribution in [0.2, 0.25) is 0 Å². The van der Waals surface area contributed by atoms with Crippen LogP contribution in [0, 0.1) is 0 Å². The van der Waals surface area contributed by atoms with Crippen LogP contribution in [-0.2, 0) is 6.42 Å². The van der Waals surface area contributed by atoms with E-state index >= 15 is 0 Å². The Balaban J connectivity index is 1.62. The molecule has 0 unspecified atom stereocenters. The van der Waals surface area contributed by atoms with Gasteiger partial charge in [-0.3, -0.25) is 4.79 Å². The normalized spacial score (nSPS) is 14.0. The molecule has 0 N–H and O–H groups in total. The van der Waals surface area contributed by atoms with Crippen LogP contribution in [0.4, 0.5) is 5.69 Å². The molecule has 1 aromatic heterocycles. The average molecular weight is 327 g/mol. The predicted octanol–water partition coefficient (Wildman–Crippen LogP) is 5.18. The van der Waals surface area contributed by atoms with Gasteiger partial charge in [-0.1, -0.05) is 48.5 Å². The highest BCUT2D eigenvalue weighted by Crippen LogP contribution is 2.32. The van der Waals surface area contributed by atoms with Crippen LogP contribution in [0.3, 0.4) is 0 Å². The minimum Gasteiger partial charge on any atom is -0.451 e. The van der Waals surface area contributed by atoms with Gasteiger partial charge in [0.25, 0.3) is 5.91 Å². The molecule has 1 aliphatic rings. The van der Waals surface area contributed by atoms with Gasteiger partial charge < -0.3 is 9.32 Å². The van der Waals surface area contributed by atoms with Crippen LogP contribution < -0.4 is 4.90 Å². The quantitative estimate of drug-likeness (QED) is 0.483. The third-order valence-corrected chi connectivity index (χ3v) is 4.99. The number of fused-ring (bicyclic) bond motifs is 4. The van der Waals surface area contributed by atoms with E-state index in [0.717, 1.165) is 46.8 Å². The Kier molecular flexibility index (Phi) is 3.14. The van der Waals surface area contributed by atoms with Crippen molar-refractivity contribution in [2.45, 2.75) is 12.8 Å². The molecule has 3 aromatic carbocycles. The fourth-order valence-electron chi connectivity index (χ4n) is 3.78. The van der Waals surface area contributed by atoms with Crippen molar-refractivity contribution in [3.63, 3.8) is 0 Å². The number of amides is 1. The zero-order valence-electron chi connectivity index (χ0n) is 13.7. The van der Waals surface area contributed by atoms with Crippen molar-refractivity contribution in [3.05, 3.63) is 78.1 Å². The second-order valence-corrected chi connectivity index (χ2v) is 6.50. The zero-order valence-corrected chi connectivity index (χ0v) is 13.7. The molecular formula is C22H17NO2. The number of carbonyl (C=O) groups excluding carboxylic acids is 1. The molecule has 122 valence electrons. The highest BCUT2D eigenvalue weighted by Gasteiger charge is 2.25. The van der Waals surface area contributed by atoms with E-state index in [2.05, 4.69) is 18.2 Å². The van der Waals surface area contributed by atoms with Crippen molar-refractivity contribution in [1.82, 2.24) is 0 Å². The van der Waals surface area contributed by atoms with Gasteiger partial charge in [0.1, 0.15) is 5.58 Å². The van der Waals surface area contributed by atoms with Gasteiger partial charge in [-0.25, -0.2) is 0 Å². The number of furan rings is 1. The number of aryl methyl sites for hydroxylation is 1. The molecule has 3 heteroatoms. The number of hydrogen-bond acceptors (Lipinski definition) is 2. The van der Waals surface area contributed by atoms with Crippen molar-refractivity contribution in [2.75, 3.05) is 11.4 Å². The number of anilines is 1. The molecule has 0 atom stereocenters. The molecule has 0 spiro atoms. The molecule has 0 bridgehead atoms. The molecule has 1 amide bonds. The van der Waals surface area contributed by atoms with Gasteiger partial charge in [0.05, 0.1) is 0 Å². The van der Waals surface area contributed by atoms with Crippen molar-refractivity contribution >= 4 is 33.3 Å². The smallest absolute Gasteiger partial charge is 0.294 e. The molecule has 0 radical (unpaired) electrons. The topological polar surface area (TPSA) is 33.5 Å². The highest BCUT2D eigenvalue weighted by atomic mass is 16.3. The Morgan fingerprint density at radius 1 is 0.920 bits per heavy atom. The summed E-state index contributed by atoms with van der Waals surface area (Å²) in [6, 6.07) is 22.2. The lowest BCUT2D eigenvalue weighted by Crippen LogP contribution is -2.35. The second-order valence-electron chi connectivity index (χ2n) is 6.50. The van der Waals surface area contributed by atoms with Crippen LogP contribution >= 0.6 is 0 Å². The van der Waals surface area contributed by atoms with E-state index in [9.17, 15) is 4.79 Å². The van der Waals surface area contributed by atoms with E-state index in [1.54, 1.807) is 0 Å². The average Bonchev–Trinajstić information content (AvgIpc) is 3.12. The Hall–Kier alpha value is -3.07. The van der Waals surface area contributed by atoms with Gasteiger partial charge in [0, 0.05) is 17.6 Å². The molecule has 5 rings (SSSR count). The van der Waals surface area contributed by atoms with Gasteiger partial charge in [-0.2, -0.15) is 0 Å². The number of para-hydroxylation sites is 1. The first-order valence-electron chi connectivity index (χ1n) is 8.62. The summed E-state index contributed by atoms with van der Waals surface area (Å²) in [7, 11) is 0. The molecule has 3 nitrogen and oxygen atoms in total. The molecular weight excluding hydrogens is 310 g/mol. The zero-order chi connectivity index (χ0) is 16.8. The molecule has 4 aromatic rings. The molecule has 0 saturated carbocycles. The third-order valence-electron chi connectivity index (χ3n) is 4.99. The molecule has 0 aliphatic carbocycles. The number of nitrogens with zero attached hydrogens (tertiary/aromatic N) is 1. The molecule has 1 aliphatic heterocycles. The van der Waals surface area contributed by atoms with Crippen molar-refractivity contribution in [2.24, 2.45) is 0 Å². The molecule has 0 fully saturated rings. The first kappa shape index (κ1) is 14.3. The molecule has 2 heterocycles. The van der Waals surface area contributed by atoms with E-state index < -0.39 is 0 Å². The van der Waals surface area contributed by atoms with Crippen LogP contribution in [-0.4, -0.2) is 12.5 Å². The SMILES string of the molecule is O=C(c1cc2c(ccc3ccccc32)o1)N1CCCc2ccccc21. The van der Waals surface area contributed by atoms with E-state index in [1.807, 2.05) is 53.4 Å². The summed E-state index contributed by atoms with van der Waals surface area (Å²) in [6.45, 7) is 0.730. The first-order chi connectivity index (χ1) is 12.3. The summed E-state index contributed by atoms with van der Waals surface area (Å²) in [4.78, 5) is 14.9. The lowest BCUT2D eigenvalue weighted by atomic mass is 10.0. The maximum Gasteiger partial charge on any atom is 0.294 e. The summed E-state index contributed by atoms with van der Waals surface area (Å²) in [5, 5.41) is 3.26. The Morgan fingerprint density at radius 3 is 2.72 bits per heavy atom. The van der Waals surface area contributed by atoms with E-state index in [0.29, 0.717) is 5.76 Å². The van der Waals surface area contributed by atoms with Crippen LogP contribution in [0.5, 0.6) is 0 Å². The fraction of sp³-hybridized carbons (Fsp3) is 0.136. The summed E-state index contributed by atoms with van der Waals surface area (Å²) in [5.74, 6) is 0.343. The minimum atomic E-state index is -0.0626. The Bertz CT molecular complexity index is 1110. The second kappa shape index (κ2) is 5.49. The number of rotatable bonds is 1. The van der Waals surface area contributed by atoms with Crippen LogP contribution in [0.1, 0.15) is 22.5 Å². The van der Waals surface area contributed by atoms with Crippen LogP contribution in [0.15, 0.2) is 71.1 Å². The van der Waals surface area contributed by atoms with Gasteiger partial charge in [0.15, 0.2) is 5.76 Å². The standard InChI is InChI=1S/C22H17NO2/c24-22(23-13-5-8-16-7-2-4-10-19(16)23)21-14-18-17-9-3-1-6-15(17)11-12-20(18)25-21/h1-4,6-7,9-12,14H,5,8,13H2. The summed E-state index contributed by atoms with van der Waals surface area (Å²) >= 11 is 0. The first-order valence-corrected chi connectivity index (χ1v) is 8.62. The van der Waals surface area contributed by atoms with Crippen LogP contribution in [0.25, 0.3) is 21.7 Å². The van der Waals surface area contributed by atoms with Gasteiger partial charge in [0.2, 0.25) is 0 Å². The largest absolute Gasteiger partial charge is 0.451 e. The van der Waals surface area contributed by atoms with Crippen molar-refractivity contribution < 1.29 is 9.21 Å². The van der Waals surface area contributed by atoms with E-state index in [4.69, 9.17) is 4.42 Å². The highest BCUT2D eigenvalue weighted by molar-refractivity contribution is 6.11. The number of hydrogen-bond donors (Lipinski definition) is 0.